The fourth-order valence-corrected chi connectivity index (χ4v) is 2.95. The molecular formula is C18H17N3O2S. The van der Waals surface area contributed by atoms with E-state index in [2.05, 4.69) is 15.3 Å². The second-order valence-corrected chi connectivity index (χ2v) is 6.49. The molecule has 5 nitrogen and oxygen atoms in total. The lowest BCUT2D eigenvalue weighted by Crippen LogP contribution is -2.15. The predicted octanol–water partition coefficient (Wildman–Crippen LogP) is 3.27. The molecule has 1 heterocycles. The highest BCUT2D eigenvalue weighted by atomic mass is 32.2. The Morgan fingerprint density at radius 2 is 1.96 bits per heavy atom. The SMILES string of the molecule is Cc1ccc(NC(=O)CSc2nc3ccccc3c(=O)[nH]2)cc1C. The Kier molecular flexibility index (Phi) is 4.66. The normalized spacial score (nSPS) is 10.8. The van der Waals surface area contributed by atoms with Gasteiger partial charge in [0, 0.05) is 5.69 Å². The highest BCUT2D eigenvalue weighted by molar-refractivity contribution is 7.99. The van der Waals surface area contributed by atoms with E-state index in [0.717, 1.165) is 11.3 Å². The van der Waals surface area contributed by atoms with Gasteiger partial charge in [-0.05, 0) is 49.2 Å². The standard InChI is InChI=1S/C18H17N3O2S/c1-11-7-8-13(9-12(11)2)19-16(22)10-24-18-20-15-6-4-3-5-14(15)17(23)21-18/h3-9H,10H2,1-2H3,(H,19,22)(H,20,21,23). The van der Waals surface area contributed by atoms with Gasteiger partial charge in [-0.3, -0.25) is 9.59 Å². The number of amides is 1. The summed E-state index contributed by atoms with van der Waals surface area (Å²) in [5.74, 6) is 0.0350. The fraction of sp³-hybridized carbons (Fsp3) is 0.167. The van der Waals surface area contributed by atoms with E-state index in [1.165, 1.54) is 17.3 Å². The number of thioether (sulfide) groups is 1. The van der Waals surface area contributed by atoms with Crippen LogP contribution in [0.5, 0.6) is 0 Å². The monoisotopic (exact) mass is 339 g/mol. The number of anilines is 1. The topological polar surface area (TPSA) is 74.8 Å². The van der Waals surface area contributed by atoms with E-state index < -0.39 is 0 Å². The van der Waals surface area contributed by atoms with Gasteiger partial charge >= 0.3 is 0 Å². The largest absolute Gasteiger partial charge is 0.325 e. The molecule has 0 spiro atoms. The molecule has 1 aromatic heterocycles. The molecule has 0 aliphatic heterocycles. The van der Waals surface area contributed by atoms with E-state index in [9.17, 15) is 9.59 Å². The molecule has 2 aromatic carbocycles. The zero-order valence-corrected chi connectivity index (χ0v) is 14.2. The maximum absolute atomic E-state index is 12.1. The van der Waals surface area contributed by atoms with Crippen molar-refractivity contribution in [2.75, 3.05) is 11.1 Å². The van der Waals surface area contributed by atoms with E-state index in [1.54, 1.807) is 18.2 Å². The van der Waals surface area contributed by atoms with Crippen molar-refractivity contribution in [3.05, 3.63) is 63.9 Å². The van der Waals surface area contributed by atoms with Gasteiger partial charge in [0.15, 0.2) is 5.16 Å². The van der Waals surface area contributed by atoms with Crippen molar-refractivity contribution in [2.45, 2.75) is 19.0 Å². The van der Waals surface area contributed by atoms with Crippen LogP contribution in [0.2, 0.25) is 0 Å². The van der Waals surface area contributed by atoms with Crippen molar-refractivity contribution in [2.24, 2.45) is 0 Å². The van der Waals surface area contributed by atoms with Crippen LogP contribution in [0.1, 0.15) is 11.1 Å². The molecule has 3 aromatic rings. The lowest BCUT2D eigenvalue weighted by atomic mass is 10.1. The van der Waals surface area contributed by atoms with Gasteiger partial charge in [-0.25, -0.2) is 4.98 Å². The summed E-state index contributed by atoms with van der Waals surface area (Å²) in [5, 5.41) is 3.83. The molecule has 1 amide bonds. The molecule has 3 rings (SSSR count). The van der Waals surface area contributed by atoms with Crippen LogP contribution in [0.3, 0.4) is 0 Å². The highest BCUT2D eigenvalue weighted by Gasteiger charge is 2.08. The van der Waals surface area contributed by atoms with Crippen LogP contribution >= 0.6 is 11.8 Å². The quantitative estimate of drug-likeness (QED) is 0.565. The number of hydrogen-bond acceptors (Lipinski definition) is 4. The molecule has 122 valence electrons. The lowest BCUT2D eigenvalue weighted by Gasteiger charge is -2.07. The summed E-state index contributed by atoms with van der Waals surface area (Å²) < 4.78 is 0. The summed E-state index contributed by atoms with van der Waals surface area (Å²) in [6.45, 7) is 4.03. The number of aromatic nitrogens is 2. The number of carbonyl (C=O) groups is 1. The van der Waals surface area contributed by atoms with Gasteiger partial charge < -0.3 is 10.3 Å². The fourth-order valence-electron chi connectivity index (χ4n) is 2.28. The summed E-state index contributed by atoms with van der Waals surface area (Å²) in [7, 11) is 0. The Balaban J connectivity index is 1.68. The summed E-state index contributed by atoms with van der Waals surface area (Å²) in [6.07, 6.45) is 0. The number of carbonyl (C=O) groups excluding carboxylic acids is 1. The number of para-hydroxylation sites is 1. The Labute approximate surface area is 143 Å². The first-order valence-electron chi connectivity index (χ1n) is 7.52. The molecule has 6 heteroatoms. The second-order valence-electron chi connectivity index (χ2n) is 5.52. The third-order valence-electron chi connectivity index (χ3n) is 3.72. The predicted molar refractivity (Wildman–Crippen MR) is 97.6 cm³/mol. The van der Waals surface area contributed by atoms with E-state index in [1.807, 2.05) is 38.1 Å². The molecule has 0 fully saturated rings. The first kappa shape index (κ1) is 16.3. The summed E-state index contributed by atoms with van der Waals surface area (Å²) in [6, 6.07) is 12.9. The lowest BCUT2D eigenvalue weighted by molar-refractivity contribution is -0.113. The van der Waals surface area contributed by atoms with Gasteiger partial charge in [0.1, 0.15) is 0 Å². The minimum Gasteiger partial charge on any atom is -0.325 e. The van der Waals surface area contributed by atoms with Crippen LogP contribution in [0, 0.1) is 13.8 Å². The number of fused-ring (bicyclic) bond motifs is 1. The van der Waals surface area contributed by atoms with Gasteiger partial charge in [-0.1, -0.05) is 30.0 Å². The van der Waals surface area contributed by atoms with Crippen molar-refractivity contribution in [1.29, 1.82) is 0 Å². The average Bonchev–Trinajstić information content (AvgIpc) is 2.56. The Bertz CT molecular complexity index is 966. The number of hydrogen-bond donors (Lipinski definition) is 2. The van der Waals surface area contributed by atoms with E-state index in [0.29, 0.717) is 16.1 Å². The van der Waals surface area contributed by atoms with Gasteiger partial charge in [-0.15, -0.1) is 0 Å². The molecule has 0 saturated heterocycles. The first-order valence-corrected chi connectivity index (χ1v) is 8.50. The summed E-state index contributed by atoms with van der Waals surface area (Å²) in [4.78, 5) is 31.1. The molecular weight excluding hydrogens is 322 g/mol. The third-order valence-corrected chi connectivity index (χ3v) is 4.60. The van der Waals surface area contributed by atoms with Crippen molar-refractivity contribution in [3.8, 4) is 0 Å². The van der Waals surface area contributed by atoms with Crippen LogP contribution in [0.25, 0.3) is 10.9 Å². The molecule has 0 saturated carbocycles. The Morgan fingerprint density at radius 1 is 1.17 bits per heavy atom. The second kappa shape index (κ2) is 6.88. The number of rotatable bonds is 4. The average molecular weight is 339 g/mol. The molecule has 2 N–H and O–H groups in total. The first-order chi connectivity index (χ1) is 11.5. The Hall–Kier alpha value is -2.60. The number of nitrogens with zero attached hydrogens (tertiary/aromatic N) is 1. The minimum atomic E-state index is -0.197. The summed E-state index contributed by atoms with van der Waals surface area (Å²) >= 11 is 1.21. The van der Waals surface area contributed by atoms with Gasteiger partial charge in [0.2, 0.25) is 5.91 Å². The van der Waals surface area contributed by atoms with Crippen LogP contribution in [0.15, 0.2) is 52.4 Å². The molecule has 0 atom stereocenters. The van der Waals surface area contributed by atoms with Crippen molar-refractivity contribution in [1.82, 2.24) is 9.97 Å². The van der Waals surface area contributed by atoms with Crippen molar-refractivity contribution >= 4 is 34.3 Å². The van der Waals surface area contributed by atoms with E-state index in [4.69, 9.17) is 0 Å². The molecule has 0 radical (unpaired) electrons. The summed E-state index contributed by atoms with van der Waals surface area (Å²) in [5.41, 5.74) is 3.50. The molecule has 0 aliphatic rings. The Morgan fingerprint density at radius 3 is 2.75 bits per heavy atom. The van der Waals surface area contributed by atoms with Crippen LogP contribution in [-0.4, -0.2) is 21.6 Å². The maximum Gasteiger partial charge on any atom is 0.259 e. The number of benzene rings is 2. The molecule has 0 unspecified atom stereocenters. The van der Waals surface area contributed by atoms with Crippen molar-refractivity contribution in [3.63, 3.8) is 0 Å². The highest BCUT2D eigenvalue weighted by Crippen LogP contribution is 2.17. The molecule has 0 bridgehead atoms. The number of nitrogens with one attached hydrogen (secondary N) is 2. The zero-order chi connectivity index (χ0) is 17.1. The van der Waals surface area contributed by atoms with Crippen LogP contribution < -0.4 is 10.9 Å². The van der Waals surface area contributed by atoms with Gasteiger partial charge in [-0.2, -0.15) is 0 Å². The van der Waals surface area contributed by atoms with Gasteiger partial charge in [0.25, 0.3) is 5.56 Å². The molecule has 0 aliphatic carbocycles. The molecule has 24 heavy (non-hydrogen) atoms. The van der Waals surface area contributed by atoms with Crippen LogP contribution in [-0.2, 0) is 4.79 Å². The van der Waals surface area contributed by atoms with Crippen molar-refractivity contribution < 1.29 is 4.79 Å². The van der Waals surface area contributed by atoms with E-state index >= 15 is 0 Å². The third kappa shape index (κ3) is 3.65. The minimum absolute atomic E-state index is 0.140. The zero-order valence-electron chi connectivity index (χ0n) is 13.4. The number of H-pyrrole nitrogens is 1. The smallest absolute Gasteiger partial charge is 0.259 e. The maximum atomic E-state index is 12.1. The van der Waals surface area contributed by atoms with Gasteiger partial charge in [0.05, 0.1) is 16.7 Å². The van der Waals surface area contributed by atoms with E-state index in [-0.39, 0.29) is 17.2 Å². The number of aryl methyl sites for hydroxylation is 2. The van der Waals surface area contributed by atoms with Crippen LogP contribution in [0.4, 0.5) is 5.69 Å². The number of aromatic amines is 1.